The largest absolute Gasteiger partial charge is 0.444 e. The Hall–Kier alpha value is -2.33. The van der Waals surface area contributed by atoms with Crippen LogP contribution in [0.15, 0.2) is 28.7 Å². The summed E-state index contributed by atoms with van der Waals surface area (Å²) in [5.74, 6) is 1.26. The number of H-pyrrole nitrogens is 1. The molecule has 9 nitrogen and oxygen atoms in total. The number of carbonyl (C=O) groups excluding carboxylic acids is 1. The molecule has 1 aromatic carbocycles. The smallest absolute Gasteiger partial charge is 0.407 e. The number of aromatic amines is 1. The highest BCUT2D eigenvalue weighted by atomic mass is 79.9. The molecule has 158 valence electrons. The molecule has 1 saturated heterocycles. The Labute approximate surface area is 178 Å². The van der Waals surface area contributed by atoms with Crippen LogP contribution in [0.1, 0.15) is 32.6 Å². The fourth-order valence-electron chi connectivity index (χ4n) is 2.79. The van der Waals surface area contributed by atoms with Crippen molar-refractivity contribution in [3.8, 4) is 0 Å². The predicted octanol–water partition coefficient (Wildman–Crippen LogP) is 3.08. The Balaban J connectivity index is 1.72. The van der Waals surface area contributed by atoms with E-state index in [1.165, 1.54) is 0 Å². The number of aromatic nitrogens is 3. The van der Waals surface area contributed by atoms with Crippen LogP contribution in [-0.2, 0) is 9.47 Å². The number of carbonyl (C=O) groups is 1. The van der Waals surface area contributed by atoms with E-state index in [-0.39, 0.29) is 12.6 Å². The zero-order chi connectivity index (χ0) is 20.9. The van der Waals surface area contributed by atoms with Crippen molar-refractivity contribution in [1.29, 1.82) is 0 Å². The molecule has 1 fully saturated rings. The first-order valence-corrected chi connectivity index (χ1v) is 10.3. The van der Waals surface area contributed by atoms with Crippen LogP contribution < -0.4 is 15.5 Å². The van der Waals surface area contributed by atoms with Crippen molar-refractivity contribution in [3.63, 3.8) is 0 Å². The molecule has 29 heavy (non-hydrogen) atoms. The fraction of sp³-hybridized carbons (Fsp3) is 0.526. The number of morpholine rings is 1. The average molecular weight is 467 g/mol. The molecule has 0 saturated carbocycles. The summed E-state index contributed by atoms with van der Waals surface area (Å²) in [5.41, 5.74) is 0.336. The lowest BCUT2D eigenvalue weighted by molar-refractivity contribution is 0.0525. The maximum atomic E-state index is 12.1. The second kappa shape index (κ2) is 9.45. The van der Waals surface area contributed by atoms with Gasteiger partial charge in [-0.3, -0.25) is 5.10 Å². The van der Waals surface area contributed by atoms with E-state index in [0.717, 1.165) is 23.2 Å². The van der Waals surface area contributed by atoms with Gasteiger partial charge in [-0.05, 0) is 45.0 Å². The van der Waals surface area contributed by atoms with E-state index in [1.54, 1.807) is 0 Å². The fourth-order valence-corrected chi connectivity index (χ4v) is 3.05. The molecule has 0 unspecified atom stereocenters. The quantitative estimate of drug-likeness (QED) is 0.600. The van der Waals surface area contributed by atoms with Crippen molar-refractivity contribution in [1.82, 2.24) is 20.5 Å². The van der Waals surface area contributed by atoms with Crippen LogP contribution in [-0.4, -0.2) is 59.7 Å². The molecule has 1 amide bonds. The van der Waals surface area contributed by atoms with Gasteiger partial charge in [0.25, 0.3) is 0 Å². The monoisotopic (exact) mass is 466 g/mol. The number of benzene rings is 1. The first-order chi connectivity index (χ1) is 13.8. The van der Waals surface area contributed by atoms with Crippen molar-refractivity contribution < 1.29 is 14.3 Å². The van der Waals surface area contributed by atoms with E-state index >= 15 is 0 Å². The summed E-state index contributed by atoms with van der Waals surface area (Å²) in [7, 11) is 0. The van der Waals surface area contributed by atoms with Gasteiger partial charge in [-0.15, -0.1) is 5.10 Å². The highest BCUT2D eigenvalue weighted by Gasteiger charge is 2.22. The molecule has 1 aliphatic heterocycles. The van der Waals surface area contributed by atoms with Gasteiger partial charge in [-0.25, -0.2) is 4.79 Å². The summed E-state index contributed by atoms with van der Waals surface area (Å²) < 4.78 is 11.7. The van der Waals surface area contributed by atoms with E-state index in [4.69, 9.17) is 9.47 Å². The number of hydrogen-bond acceptors (Lipinski definition) is 7. The molecular formula is C19H27BrN6O3. The van der Waals surface area contributed by atoms with E-state index in [2.05, 4.69) is 46.6 Å². The second-order valence-electron chi connectivity index (χ2n) is 7.71. The molecule has 2 aromatic rings. The van der Waals surface area contributed by atoms with Gasteiger partial charge in [0.1, 0.15) is 11.6 Å². The SMILES string of the molecule is CC(C)(C)OC(=O)NC[C@@H](Nc1ccc(Br)cc1)c1nc(N2CCOCC2)n[nH]1. The molecule has 3 N–H and O–H groups in total. The lowest BCUT2D eigenvalue weighted by atomic mass is 10.2. The Morgan fingerprint density at radius 3 is 2.66 bits per heavy atom. The molecule has 2 heterocycles. The minimum atomic E-state index is -0.561. The number of nitrogens with zero attached hydrogens (tertiary/aromatic N) is 3. The second-order valence-corrected chi connectivity index (χ2v) is 8.62. The van der Waals surface area contributed by atoms with Gasteiger partial charge < -0.3 is 25.0 Å². The van der Waals surface area contributed by atoms with Gasteiger partial charge in [0.15, 0.2) is 5.82 Å². The summed E-state index contributed by atoms with van der Waals surface area (Å²) in [6.45, 7) is 8.58. The number of nitrogens with one attached hydrogen (secondary N) is 3. The zero-order valence-electron chi connectivity index (χ0n) is 16.9. The van der Waals surface area contributed by atoms with Crippen LogP contribution >= 0.6 is 15.9 Å². The number of hydrogen-bond donors (Lipinski definition) is 3. The molecule has 3 rings (SSSR count). The maximum absolute atomic E-state index is 12.1. The Morgan fingerprint density at radius 2 is 2.00 bits per heavy atom. The van der Waals surface area contributed by atoms with E-state index < -0.39 is 11.7 Å². The van der Waals surface area contributed by atoms with Gasteiger partial charge in [-0.1, -0.05) is 15.9 Å². The summed E-state index contributed by atoms with van der Waals surface area (Å²) in [4.78, 5) is 18.8. The average Bonchev–Trinajstić information content (AvgIpc) is 3.16. The zero-order valence-corrected chi connectivity index (χ0v) is 18.5. The topological polar surface area (TPSA) is 104 Å². The number of alkyl carbamates (subject to hydrolysis) is 1. The van der Waals surface area contributed by atoms with Crippen molar-refractivity contribution in [3.05, 3.63) is 34.6 Å². The van der Waals surface area contributed by atoms with E-state index in [0.29, 0.717) is 25.0 Å². The lowest BCUT2D eigenvalue weighted by Crippen LogP contribution is -2.37. The Bertz CT molecular complexity index is 799. The number of anilines is 2. The van der Waals surface area contributed by atoms with Gasteiger partial charge >= 0.3 is 6.09 Å². The minimum absolute atomic E-state index is 0.280. The van der Waals surface area contributed by atoms with Crippen LogP contribution in [0.25, 0.3) is 0 Å². The van der Waals surface area contributed by atoms with Crippen molar-refractivity contribution in [2.45, 2.75) is 32.4 Å². The van der Waals surface area contributed by atoms with Crippen LogP contribution in [0.4, 0.5) is 16.4 Å². The predicted molar refractivity (Wildman–Crippen MR) is 114 cm³/mol. The van der Waals surface area contributed by atoms with Gasteiger partial charge in [0.2, 0.25) is 5.95 Å². The van der Waals surface area contributed by atoms with Crippen LogP contribution in [0.2, 0.25) is 0 Å². The van der Waals surface area contributed by atoms with E-state index in [9.17, 15) is 4.79 Å². The molecular weight excluding hydrogens is 440 g/mol. The summed E-state index contributed by atoms with van der Waals surface area (Å²) >= 11 is 3.44. The van der Waals surface area contributed by atoms with Gasteiger partial charge in [0, 0.05) is 29.8 Å². The first-order valence-electron chi connectivity index (χ1n) is 9.54. The Kier molecular flexibility index (Phi) is 6.96. The lowest BCUT2D eigenvalue weighted by Gasteiger charge is -2.25. The van der Waals surface area contributed by atoms with E-state index in [1.807, 2.05) is 45.0 Å². The number of amides is 1. The summed E-state index contributed by atoms with van der Waals surface area (Å²) in [6.07, 6.45) is -0.479. The van der Waals surface area contributed by atoms with Crippen molar-refractivity contribution in [2.75, 3.05) is 43.1 Å². The summed E-state index contributed by atoms with van der Waals surface area (Å²) in [5, 5.41) is 13.5. The van der Waals surface area contributed by atoms with Gasteiger partial charge in [-0.2, -0.15) is 4.98 Å². The minimum Gasteiger partial charge on any atom is -0.444 e. The normalized spacial score (nSPS) is 15.7. The van der Waals surface area contributed by atoms with Crippen LogP contribution in [0.5, 0.6) is 0 Å². The standard InChI is InChI=1S/C19H27BrN6O3/c1-19(2,3)29-18(27)21-12-15(22-14-6-4-13(20)5-7-14)16-23-17(25-24-16)26-8-10-28-11-9-26/h4-7,15,22H,8-12H2,1-3H3,(H,21,27)(H,23,24,25)/t15-/m1/s1. The third-order valence-electron chi connectivity index (χ3n) is 4.15. The maximum Gasteiger partial charge on any atom is 0.407 e. The molecule has 1 atom stereocenters. The first kappa shape index (κ1) is 21.4. The molecule has 0 aliphatic carbocycles. The molecule has 0 radical (unpaired) electrons. The highest BCUT2D eigenvalue weighted by molar-refractivity contribution is 9.10. The van der Waals surface area contributed by atoms with Crippen molar-refractivity contribution in [2.24, 2.45) is 0 Å². The molecule has 1 aromatic heterocycles. The van der Waals surface area contributed by atoms with Crippen molar-refractivity contribution >= 4 is 33.7 Å². The molecule has 1 aliphatic rings. The summed E-state index contributed by atoms with van der Waals surface area (Å²) in [6, 6.07) is 7.47. The third kappa shape index (κ3) is 6.60. The van der Waals surface area contributed by atoms with Gasteiger partial charge in [0.05, 0.1) is 13.2 Å². The number of rotatable bonds is 6. The molecule has 0 spiro atoms. The third-order valence-corrected chi connectivity index (χ3v) is 4.68. The molecule has 0 bridgehead atoms. The van der Waals surface area contributed by atoms with Crippen LogP contribution in [0, 0.1) is 0 Å². The van der Waals surface area contributed by atoms with Crippen LogP contribution in [0.3, 0.4) is 0 Å². The number of ether oxygens (including phenoxy) is 2. The Morgan fingerprint density at radius 1 is 1.31 bits per heavy atom. The number of halogens is 1. The molecule has 10 heteroatoms. The highest BCUT2D eigenvalue weighted by Crippen LogP contribution is 2.21.